The van der Waals surface area contributed by atoms with E-state index in [9.17, 15) is 0 Å². The third kappa shape index (κ3) is 3.06. The van der Waals surface area contributed by atoms with Crippen molar-refractivity contribution < 1.29 is 0 Å². The van der Waals surface area contributed by atoms with Gasteiger partial charge in [0.1, 0.15) is 0 Å². The Bertz CT molecular complexity index is 373. The maximum absolute atomic E-state index is 5.93. The van der Waals surface area contributed by atoms with Gasteiger partial charge in [-0.15, -0.1) is 0 Å². The molecule has 0 aliphatic rings. The molecule has 0 aliphatic heterocycles. The van der Waals surface area contributed by atoms with E-state index in [-0.39, 0.29) is 0 Å². The number of rotatable bonds is 1. The quantitative estimate of drug-likeness (QED) is 0.222. The first kappa shape index (κ1) is 13.2. The van der Waals surface area contributed by atoms with E-state index in [4.69, 9.17) is 11.6 Å². The Morgan fingerprint density at radius 3 is 2.08 bits per heavy atom. The van der Waals surface area contributed by atoms with E-state index in [1.165, 1.54) is 10.7 Å². The van der Waals surface area contributed by atoms with Crippen molar-refractivity contribution in [2.45, 2.75) is 0 Å². The van der Waals surface area contributed by atoms with Crippen molar-refractivity contribution >= 4 is 107 Å². The van der Waals surface area contributed by atoms with Crippen LogP contribution >= 0.6 is 102 Å². The summed E-state index contributed by atoms with van der Waals surface area (Å²) in [5.74, 6) is 0. The van der Waals surface area contributed by atoms with Crippen LogP contribution in [0.2, 0.25) is 0 Å². The van der Waals surface area contributed by atoms with E-state index < -0.39 is 0 Å². The Hall–Kier alpha value is 2.17. The van der Waals surface area contributed by atoms with Crippen LogP contribution in [0.15, 0.2) is 12.6 Å². The van der Waals surface area contributed by atoms with Crippen LogP contribution < -0.4 is 0 Å². The second kappa shape index (κ2) is 5.48. The van der Waals surface area contributed by atoms with Crippen molar-refractivity contribution in [2.24, 2.45) is 0 Å². The minimum atomic E-state index is 0.614. The highest BCUT2D eigenvalue weighted by molar-refractivity contribution is 14.1. The van der Waals surface area contributed by atoms with Crippen LogP contribution in [0.5, 0.6) is 0 Å². The van der Waals surface area contributed by atoms with Gasteiger partial charge in [0, 0.05) is 24.9 Å². The molecule has 0 saturated heterocycles. The predicted octanol–water partition coefficient (Wildman–Crippen LogP) is 5.31. The van der Waals surface area contributed by atoms with E-state index in [1.54, 1.807) is 0 Å². The summed E-state index contributed by atoms with van der Waals surface area (Å²) in [6.07, 6.45) is 0. The number of hydrogen-bond donors (Lipinski definition) is 0. The van der Waals surface area contributed by atoms with Crippen molar-refractivity contribution in [1.82, 2.24) is 0 Å². The molecule has 0 radical (unpaired) electrons. The van der Waals surface area contributed by atoms with Gasteiger partial charge in [0.15, 0.2) is 0 Å². The Balaban J connectivity index is 3.53. The molecule has 0 nitrogen and oxygen atoms in total. The number of hydrogen-bond acceptors (Lipinski definition) is 0. The summed E-state index contributed by atoms with van der Waals surface area (Å²) in [6.45, 7) is 3.77. The zero-order valence-corrected chi connectivity index (χ0v) is 15.6. The third-order valence-electron chi connectivity index (χ3n) is 1.39. The molecule has 0 spiro atoms. The largest absolute Gasteiger partial charge is 0.0843 e. The fourth-order valence-corrected chi connectivity index (χ4v) is 5.78. The van der Waals surface area contributed by atoms with Crippen LogP contribution in [0.3, 0.4) is 0 Å². The first-order valence-corrected chi connectivity index (χ1v) is 7.82. The maximum Gasteiger partial charge on any atom is 0.0428 e. The molecule has 0 saturated carbocycles. The molecule has 70 valence electrons. The summed E-state index contributed by atoms with van der Waals surface area (Å²) in [5.41, 5.74) is 1.06. The van der Waals surface area contributed by atoms with Crippen molar-refractivity contribution in [2.75, 3.05) is 0 Å². The normalized spacial score (nSPS) is 10.2. The lowest BCUT2D eigenvalue weighted by atomic mass is 10.2. The minimum absolute atomic E-state index is 0.614. The van der Waals surface area contributed by atoms with Crippen LogP contribution in [0.1, 0.15) is 5.56 Å². The molecule has 1 aromatic carbocycles. The van der Waals surface area contributed by atoms with Gasteiger partial charge in [-0.2, -0.15) is 0 Å². The lowest BCUT2D eigenvalue weighted by molar-refractivity contribution is 1.45. The second-order valence-electron chi connectivity index (χ2n) is 2.25. The number of benzene rings is 1. The molecule has 13 heavy (non-hydrogen) atoms. The van der Waals surface area contributed by atoms with Crippen molar-refractivity contribution in [1.29, 1.82) is 0 Å². The van der Waals surface area contributed by atoms with Gasteiger partial charge in [-0.05, 0) is 96.4 Å². The molecule has 0 fully saturated rings. The minimum Gasteiger partial charge on any atom is -0.0843 e. The standard InChI is InChI=1S/C8H3ClI4/c1-3(9)6-4(10)2-5(11)7(12)8(6)13/h2H,1H2. The van der Waals surface area contributed by atoms with Gasteiger partial charge >= 0.3 is 0 Å². The van der Waals surface area contributed by atoms with E-state index in [0.29, 0.717) is 5.03 Å². The predicted molar refractivity (Wildman–Crippen MR) is 92.2 cm³/mol. The van der Waals surface area contributed by atoms with Gasteiger partial charge in [-0.1, -0.05) is 18.2 Å². The van der Waals surface area contributed by atoms with E-state index in [2.05, 4.69) is 103 Å². The Kier molecular flexibility index (Phi) is 5.58. The Labute approximate surface area is 137 Å². The first-order valence-electron chi connectivity index (χ1n) is 3.13. The lowest BCUT2D eigenvalue weighted by Crippen LogP contribution is -1.95. The summed E-state index contributed by atoms with van der Waals surface area (Å²) in [6, 6.07) is 2.12. The van der Waals surface area contributed by atoms with E-state index in [1.807, 2.05) is 0 Å². The Morgan fingerprint density at radius 1 is 1.08 bits per heavy atom. The molecule has 0 heterocycles. The topological polar surface area (TPSA) is 0 Å². The highest BCUT2D eigenvalue weighted by Crippen LogP contribution is 2.33. The maximum atomic E-state index is 5.93. The summed E-state index contributed by atoms with van der Waals surface area (Å²) in [5, 5.41) is 0.614. The summed E-state index contributed by atoms with van der Waals surface area (Å²) < 4.78 is 4.85. The molecule has 0 bridgehead atoms. The fourth-order valence-electron chi connectivity index (χ4n) is 0.815. The summed E-state index contributed by atoms with van der Waals surface area (Å²) in [7, 11) is 0. The average molecular weight is 642 g/mol. The van der Waals surface area contributed by atoms with Crippen LogP contribution in [-0.2, 0) is 0 Å². The lowest BCUT2D eigenvalue weighted by Gasteiger charge is -2.09. The molecule has 5 heteroatoms. The fraction of sp³-hybridized carbons (Fsp3) is 0. The summed E-state index contributed by atoms with van der Waals surface area (Å²) >= 11 is 15.2. The highest BCUT2D eigenvalue weighted by Gasteiger charge is 2.13. The molecule has 0 N–H and O–H groups in total. The molecule has 0 aromatic heterocycles. The number of halogens is 5. The zero-order valence-electron chi connectivity index (χ0n) is 6.17. The zero-order chi connectivity index (χ0) is 10.2. The van der Waals surface area contributed by atoms with E-state index >= 15 is 0 Å². The van der Waals surface area contributed by atoms with Crippen LogP contribution in [0.25, 0.3) is 5.03 Å². The molecular formula is C8H3ClI4. The highest BCUT2D eigenvalue weighted by atomic mass is 127. The molecule has 1 rings (SSSR count). The van der Waals surface area contributed by atoms with Gasteiger partial charge in [0.05, 0.1) is 0 Å². The van der Waals surface area contributed by atoms with Gasteiger partial charge in [0.25, 0.3) is 0 Å². The van der Waals surface area contributed by atoms with Crippen molar-refractivity contribution in [3.63, 3.8) is 0 Å². The Morgan fingerprint density at radius 2 is 1.62 bits per heavy atom. The van der Waals surface area contributed by atoms with Crippen LogP contribution in [-0.4, -0.2) is 0 Å². The van der Waals surface area contributed by atoms with Crippen molar-refractivity contribution in [3.8, 4) is 0 Å². The van der Waals surface area contributed by atoms with Gasteiger partial charge < -0.3 is 0 Å². The third-order valence-corrected chi connectivity index (χ3v) is 7.54. The molecule has 0 unspecified atom stereocenters. The monoisotopic (exact) mass is 642 g/mol. The van der Waals surface area contributed by atoms with Gasteiger partial charge in [0.2, 0.25) is 0 Å². The smallest absolute Gasteiger partial charge is 0.0428 e. The summed E-state index contributed by atoms with van der Waals surface area (Å²) in [4.78, 5) is 0. The average Bonchev–Trinajstić information content (AvgIpc) is 1.99. The van der Waals surface area contributed by atoms with Gasteiger partial charge in [-0.25, -0.2) is 0 Å². The second-order valence-corrected chi connectivity index (χ2v) is 7.19. The molecule has 0 aliphatic carbocycles. The first-order chi connectivity index (χ1) is 5.95. The van der Waals surface area contributed by atoms with E-state index in [0.717, 1.165) is 9.13 Å². The molecule has 0 amide bonds. The molecule has 1 aromatic rings. The van der Waals surface area contributed by atoms with Crippen LogP contribution in [0, 0.1) is 14.3 Å². The molecule has 0 atom stereocenters. The molecular weight excluding hydrogens is 639 g/mol. The van der Waals surface area contributed by atoms with Gasteiger partial charge in [-0.3, -0.25) is 0 Å². The van der Waals surface area contributed by atoms with Crippen LogP contribution in [0.4, 0.5) is 0 Å². The SMILES string of the molecule is C=C(Cl)c1c(I)cc(I)c(I)c1I. The van der Waals surface area contributed by atoms with Crippen molar-refractivity contribution in [3.05, 3.63) is 32.5 Å².